The van der Waals surface area contributed by atoms with Gasteiger partial charge in [0.15, 0.2) is 11.6 Å². The molecule has 0 unspecified atom stereocenters. The van der Waals surface area contributed by atoms with Crippen LogP contribution < -0.4 is 15.9 Å². The highest BCUT2D eigenvalue weighted by Gasteiger charge is 2.09. The first-order valence-electron chi connectivity index (χ1n) is 6.52. The highest BCUT2D eigenvalue weighted by atomic mass is 16.5. The van der Waals surface area contributed by atoms with Gasteiger partial charge in [0.2, 0.25) is 5.71 Å². The second kappa shape index (κ2) is 6.90. The molecule has 0 saturated carbocycles. The Balaban J connectivity index is 2.31. The molecule has 110 valence electrons. The third-order valence-electron chi connectivity index (χ3n) is 2.82. The SMILES string of the molecule is Cc1cccc(N/N=C(\C#N)C(=N)N)c1Oc1ccccc1. The number of aryl methyl sites for hydroxylation is 1. The van der Waals surface area contributed by atoms with E-state index in [1.54, 1.807) is 12.1 Å². The summed E-state index contributed by atoms with van der Waals surface area (Å²) in [5.41, 5.74) is 9.29. The minimum Gasteiger partial charge on any atom is -0.455 e. The Kier molecular flexibility index (Phi) is 4.73. The van der Waals surface area contributed by atoms with Crippen LogP contribution in [0.4, 0.5) is 5.69 Å². The van der Waals surface area contributed by atoms with E-state index in [0.717, 1.165) is 5.56 Å². The average molecular weight is 293 g/mol. The van der Waals surface area contributed by atoms with Crippen molar-refractivity contribution in [2.24, 2.45) is 10.8 Å². The van der Waals surface area contributed by atoms with Crippen LogP contribution in [-0.2, 0) is 0 Å². The van der Waals surface area contributed by atoms with Crippen LogP contribution in [0.5, 0.6) is 11.5 Å². The van der Waals surface area contributed by atoms with Crippen LogP contribution in [-0.4, -0.2) is 11.5 Å². The molecule has 0 spiro atoms. The number of nitrogens with one attached hydrogen (secondary N) is 2. The summed E-state index contributed by atoms with van der Waals surface area (Å²) in [6.07, 6.45) is 0. The van der Waals surface area contributed by atoms with Gasteiger partial charge < -0.3 is 10.5 Å². The van der Waals surface area contributed by atoms with Gasteiger partial charge in [-0.1, -0.05) is 30.3 Å². The van der Waals surface area contributed by atoms with Crippen molar-refractivity contribution in [3.8, 4) is 17.6 Å². The lowest BCUT2D eigenvalue weighted by atomic mass is 10.2. The molecule has 2 rings (SSSR count). The molecule has 0 amide bonds. The number of hydrazone groups is 1. The number of nitriles is 1. The van der Waals surface area contributed by atoms with E-state index in [1.165, 1.54) is 0 Å². The second-order valence-corrected chi connectivity index (χ2v) is 4.46. The number of nitrogens with two attached hydrogens (primary N) is 1. The van der Waals surface area contributed by atoms with Crippen molar-refractivity contribution in [1.82, 2.24) is 0 Å². The Hall–Kier alpha value is -3.33. The molecule has 0 aliphatic carbocycles. The fourth-order valence-electron chi connectivity index (χ4n) is 1.74. The van der Waals surface area contributed by atoms with Crippen LogP contribution in [0.2, 0.25) is 0 Å². The molecule has 0 aliphatic heterocycles. The van der Waals surface area contributed by atoms with E-state index in [1.807, 2.05) is 49.4 Å². The number of rotatable bonds is 5. The number of para-hydroxylation sites is 2. The van der Waals surface area contributed by atoms with E-state index in [9.17, 15) is 0 Å². The van der Waals surface area contributed by atoms with Crippen LogP contribution in [0.3, 0.4) is 0 Å². The fourth-order valence-corrected chi connectivity index (χ4v) is 1.74. The largest absolute Gasteiger partial charge is 0.455 e. The molecule has 0 atom stereocenters. The molecule has 0 aromatic heterocycles. The molecule has 6 nitrogen and oxygen atoms in total. The van der Waals surface area contributed by atoms with Crippen LogP contribution in [0.25, 0.3) is 0 Å². The molecule has 0 aliphatic rings. The summed E-state index contributed by atoms with van der Waals surface area (Å²) in [6, 6.07) is 16.6. The van der Waals surface area contributed by atoms with Gasteiger partial charge in [0.25, 0.3) is 0 Å². The van der Waals surface area contributed by atoms with Crippen molar-refractivity contribution in [3.05, 3.63) is 54.1 Å². The number of hydrogen-bond donors (Lipinski definition) is 3. The number of ether oxygens (including phenoxy) is 1. The summed E-state index contributed by atoms with van der Waals surface area (Å²) >= 11 is 0. The molecule has 2 aromatic carbocycles. The van der Waals surface area contributed by atoms with E-state index < -0.39 is 5.84 Å². The molecule has 0 saturated heterocycles. The second-order valence-electron chi connectivity index (χ2n) is 4.46. The Bertz CT molecular complexity index is 747. The number of benzene rings is 2. The number of amidine groups is 1. The first-order chi connectivity index (χ1) is 10.6. The van der Waals surface area contributed by atoms with Gasteiger partial charge in [-0.25, -0.2) is 0 Å². The van der Waals surface area contributed by atoms with Crippen LogP contribution in [0.15, 0.2) is 53.6 Å². The van der Waals surface area contributed by atoms with Gasteiger partial charge in [-0.05, 0) is 30.7 Å². The maximum absolute atomic E-state index is 8.86. The van der Waals surface area contributed by atoms with Gasteiger partial charge in [-0.15, -0.1) is 0 Å². The Morgan fingerprint density at radius 2 is 1.95 bits per heavy atom. The van der Waals surface area contributed by atoms with Gasteiger partial charge in [0, 0.05) is 0 Å². The van der Waals surface area contributed by atoms with Gasteiger partial charge >= 0.3 is 0 Å². The van der Waals surface area contributed by atoms with E-state index in [0.29, 0.717) is 17.2 Å². The fraction of sp³-hybridized carbons (Fsp3) is 0.0625. The number of hydrogen-bond acceptors (Lipinski definition) is 5. The normalized spacial score (nSPS) is 10.6. The average Bonchev–Trinajstić information content (AvgIpc) is 2.51. The van der Waals surface area contributed by atoms with E-state index in [4.69, 9.17) is 21.1 Å². The minimum absolute atomic E-state index is 0.188. The van der Waals surface area contributed by atoms with Crippen molar-refractivity contribution in [2.75, 3.05) is 5.43 Å². The molecule has 0 bridgehead atoms. The van der Waals surface area contributed by atoms with Crippen LogP contribution in [0, 0.1) is 23.7 Å². The summed E-state index contributed by atoms with van der Waals surface area (Å²) in [5, 5.41) is 19.9. The van der Waals surface area contributed by atoms with Crippen LogP contribution >= 0.6 is 0 Å². The summed E-state index contributed by atoms with van der Waals surface area (Å²) in [6.45, 7) is 1.91. The van der Waals surface area contributed by atoms with Crippen molar-refractivity contribution < 1.29 is 4.74 Å². The van der Waals surface area contributed by atoms with Gasteiger partial charge in [-0.3, -0.25) is 10.8 Å². The van der Waals surface area contributed by atoms with E-state index >= 15 is 0 Å². The van der Waals surface area contributed by atoms with Crippen molar-refractivity contribution >= 4 is 17.2 Å². The van der Waals surface area contributed by atoms with Crippen molar-refractivity contribution in [2.45, 2.75) is 6.92 Å². The molecular formula is C16H15N5O. The molecule has 0 heterocycles. The molecular weight excluding hydrogens is 278 g/mol. The molecule has 4 N–H and O–H groups in total. The summed E-state index contributed by atoms with van der Waals surface area (Å²) in [5.74, 6) is 0.891. The summed E-state index contributed by atoms with van der Waals surface area (Å²) in [4.78, 5) is 0. The first-order valence-corrected chi connectivity index (χ1v) is 6.52. The highest BCUT2D eigenvalue weighted by molar-refractivity contribution is 6.45. The lowest BCUT2D eigenvalue weighted by Crippen LogP contribution is -2.21. The van der Waals surface area contributed by atoms with E-state index in [-0.39, 0.29) is 5.71 Å². The third-order valence-corrected chi connectivity index (χ3v) is 2.82. The van der Waals surface area contributed by atoms with Crippen molar-refractivity contribution in [1.29, 1.82) is 10.7 Å². The smallest absolute Gasteiger partial charge is 0.201 e. The van der Waals surface area contributed by atoms with E-state index in [2.05, 4.69) is 10.5 Å². The number of nitrogens with zero attached hydrogens (tertiary/aromatic N) is 2. The minimum atomic E-state index is -0.395. The Morgan fingerprint density at radius 1 is 1.23 bits per heavy atom. The predicted molar refractivity (Wildman–Crippen MR) is 86.3 cm³/mol. The molecule has 0 radical (unpaired) electrons. The zero-order valence-corrected chi connectivity index (χ0v) is 12.0. The van der Waals surface area contributed by atoms with Crippen molar-refractivity contribution in [3.63, 3.8) is 0 Å². The highest BCUT2D eigenvalue weighted by Crippen LogP contribution is 2.32. The third kappa shape index (κ3) is 3.61. The zero-order valence-electron chi connectivity index (χ0n) is 12.0. The zero-order chi connectivity index (χ0) is 15.9. The Labute approximate surface area is 128 Å². The lowest BCUT2D eigenvalue weighted by Gasteiger charge is -2.13. The maximum atomic E-state index is 8.86. The summed E-state index contributed by atoms with van der Waals surface area (Å²) < 4.78 is 5.87. The van der Waals surface area contributed by atoms with Gasteiger partial charge in [-0.2, -0.15) is 10.4 Å². The molecule has 2 aromatic rings. The monoisotopic (exact) mass is 293 g/mol. The Morgan fingerprint density at radius 3 is 2.59 bits per heavy atom. The molecule has 6 heteroatoms. The maximum Gasteiger partial charge on any atom is 0.201 e. The number of anilines is 1. The molecule has 0 fully saturated rings. The topological polar surface area (TPSA) is 107 Å². The quantitative estimate of drug-likeness (QED) is 0.447. The predicted octanol–water partition coefficient (Wildman–Crippen LogP) is 3.01. The van der Waals surface area contributed by atoms with Gasteiger partial charge in [0.05, 0.1) is 5.69 Å². The standard InChI is InChI=1S/C16H15N5O/c1-11-6-5-9-13(20-21-14(10-17)16(18)19)15(11)22-12-7-3-2-4-8-12/h2-9,20H,1H3,(H3,18,19)/b21-14+. The lowest BCUT2D eigenvalue weighted by molar-refractivity contribution is 0.481. The van der Waals surface area contributed by atoms with Gasteiger partial charge in [0.1, 0.15) is 11.8 Å². The molecule has 22 heavy (non-hydrogen) atoms. The first kappa shape index (κ1) is 15.1. The van der Waals surface area contributed by atoms with Crippen LogP contribution in [0.1, 0.15) is 5.56 Å². The summed E-state index contributed by atoms with van der Waals surface area (Å²) in [7, 11) is 0.